The Morgan fingerprint density at radius 3 is 2.19 bits per heavy atom. The monoisotopic (exact) mass is 458 g/mol. The van der Waals surface area contributed by atoms with Gasteiger partial charge in [0.05, 0.1) is 11.5 Å². The number of hydrogen-bond donors (Lipinski definition) is 0. The van der Waals surface area contributed by atoms with E-state index in [0.717, 1.165) is 24.3 Å². The van der Waals surface area contributed by atoms with Crippen molar-refractivity contribution in [3.05, 3.63) is 39.9 Å². The van der Waals surface area contributed by atoms with E-state index in [0.29, 0.717) is 0 Å². The lowest BCUT2D eigenvalue weighted by atomic mass is 9.87. The average Bonchev–Trinajstić information content (AvgIpc) is 3.04. The largest absolute Gasteiger partial charge is 0.466 e. The molecule has 0 radical (unpaired) electrons. The summed E-state index contributed by atoms with van der Waals surface area (Å²) in [5.74, 6) is -6.05. The second kappa shape index (κ2) is 8.67. The summed E-state index contributed by atoms with van der Waals surface area (Å²) in [6.45, 7) is 5.40. The number of aliphatic imine (C=N–C) groups is 1. The third-order valence-electron chi connectivity index (χ3n) is 4.67. The Morgan fingerprint density at radius 2 is 1.78 bits per heavy atom. The van der Waals surface area contributed by atoms with Crippen LogP contribution >= 0.6 is 0 Å². The zero-order valence-electron chi connectivity index (χ0n) is 17.7. The number of carbonyl (C=O) groups is 3. The Morgan fingerprint density at radius 1 is 1.22 bits per heavy atom. The maximum absolute atomic E-state index is 14.2. The first kappa shape index (κ1) is 25.0. The van der Waals surface area contributed by atoms with E-state index in [-0.39, 0.29) is 17.9 Å². The molecule has 12 heteroatoms. The molecule has 1 aromatic carbocycles. The van der Waals surface area contributed by atoms with Gasteiger partial charge in [0, 0.05) is 29.5 Å². The summed E-state index contributed by atoms with van der Waals surface area (Å²) in [5.41, 5.74) is -5.82. The molecule has 0 saturated heterocycles. The first-order valence-corrected chi connectivity index (χ1v) is 9.48. The van der Waals surface area contributed by atoms with Crippen molar-refractivity contribution < 1.29 is 42.0 Å². The molecular weight excluding hydrogens is 437 g/mol. The van der Waals surface area contributed by atoms with Crippen LogP contribution in [0.2, 0.25) is 0 Å². The third kappa shape index (κ3) is 4.78. The third-order valence-corrected chi connectivity index (χ3v) is 4.67. The molecule has 1 aliphatic heterocycles. The van der Waals surface area contributed by atoms with Gasteiger partial charge in [-0.3, -0.25) is 19.7 Å². The number of halogens is 3. The molecule has 32 heavy (non-hydrogen) atoms. The van der Waals surface area contributed by atoms with Crippen LogP contribution in [0, 0.1) is 21.4 Å². The minimum Gasteiger partial charge on any atom is -0.466 e. The van der Waals surface area contributed by atoms with Crippen molar-refractivity contribution in [3.63, 3.8) is 0 Å². The smallest absolute Gasteiger partial charge is 0.451 e. The number of benzene rings is 1. The molecule has 0 unspecified atom stereocenters. The van der Waals surface area contributed by atoms with Gasteiger partial charge in [-0.15, -0.1) is 0 Å². The van der Waals surface area contributed by atoms with Crippen LogP contribution in [0.5, 0.6) is 0 Å². The average molecular weight is 458 g/mol. The highest BCUT2D eigenvalue weighted by molar-refractivity contribution is 6.39. The Hall–Kier alpha value is -3.31. The highest BCUT2D eigenvalue weighted by Gasteiger charge is 2.69. The molecule has 0 bridgehead atoms. The van der Waals surface area contributed by atoms with E-state index >= 15 is 0 Å². The van der Waals surface area contributed by atoms with Crippen LogP contribution in [0.3, 0.4) is 0 Å². The molecule has 0 spiro atoms. The summed E-state index contributed by atoms with van der Waals surface area (Å²) >= 11 is 0. The van der Waals surface area contributed by atoms with E-state index in [1.165, 1.54) is 27.7 Å². The lowest BCUT2D eigenvalue weighted by Crippen LogP contribution is -2.54. The Bertz CT molecular complexity index is 965. The number of nitrogens with zero attached hydrogens (tertiary/aromatic N) is 2. The molecule has 9 nitrogen and oxygen atoms in total. The van der Waals surface area contributed by atoms with Crippen molar-refractivity contribution in [3.8, 4) is 0 Å². The summed E-state index contributed by atoms with van der Waals surface area (Å²) < 4.78 is 52.1. The van der Waals surface area contributed by atoms with Crippen LogP contribution in [0.4, 0.5) is 18.9 Å². The first-order valence-electron chi connectivity index (χ1n) is 9.48. The number of Topliss-reactive ketones (excluding diaryl/α,β-unsaturated/α-hetero) is 1. The highest BCUT2D eigenvalue weighted by atomic mass is 19.4. The van der Waals surface area contributed by atoms with Crippen LogP contribution in [0.25, 0.3) is 0 Å². The Labute approximate surface area is 180 Å². The van der Waals surface area contributed by atoms with E-state index in [4.69, 9.17) is 4.74 Å². The van der Waals surface area contributed by atoms with E-state index in [1.54, 1.807) is 0 Å². The predicted molar refractivity (Wildman–Crippen MR) is 104 cm³/mol. The summed E-state index contributed by atoms with van der Waals surface area (Å²) in [7, 11) is 0. The number of cyclic esters (lactones) is 1. The number of nitro benzene ring substituents is 1. The number of ketones is 1. The maximum Gasteiger partial charge on any atom is 0.451 e. The fourth-order valence-electron chi connectivity index (χ4n) is 3.06. The standard InChI is InChI=1S/C20H21F3N2O7/c1-5-31-16(27)13(10-14(26)11-6-8-12(9-7-11)25(29)30)19(20(21,22)23)24-15(17(28)32-19)18(2,3)4/h6-9,13H,5,10H2,1-4H3/t13-,19+/m1/s1. The van der Waals surface area contributed by atoms with Gasteiger partial charge in [0.25, 0.3) is 5.69 Å². The van der Waals surface area contributed by atoms with Crippen molar-refractivity contribution in [1.82, 2.24) is 0 Å². The molecule has 0 N–H and O–H groups in total. The molecule has 2 rings (SSSR count). The van der Waals surface area contributed by atoms with Crippen molar-refractivity contribution in [2.24, 2.45) is 16.3 Å². The molecule has 0 aliphatic carbocycles. The lowest BCUT2D eigenvalue weighted by molar-refractivity contribution is -0.384. The van der Waals surface area contributed by atoms with Gasteiger partial charge in [0.15, 0.2) is 5.78 Å². The number of nitro groups is 1. The van der Waals surface area contributed by atoms with E-state index in [2.05, 4.69) is 9.73 Å². The minimum atomic E-state index is -5.34. The zero-order chi connectivity index (χ0) is 24.5. The van der Waals surface area contributed by atoms with E-state index in [1.807, 2.05) is 0 Å². The van der Waals surface area contributed by atoms with Gasteiger partial charge in [-0.1, -0.05) is 20.8 Å². The normalized spacial score (nSPS) is 19.7. The number of rotatable bonds is 7. The van der Waals surface area contributed by atoms with Crippen molar-refractivity contribution in [1.29, 1.82) is 0 Å². The summed E-state index contributed by atoms with van der Waals surface area (Å²) in [6, 6.07) is 4.09. The molecule has 174 valence electrons. The minimum absolute atomic E-state index is 0.174. The predicted octanol–water partition coefficient (Wildman–Crippen LogP) is 3.65. The van der Waals surface area contributed by atoms with Gasteiger partial charge in [-0.2, -0.15) is 13.2 Å². The summed E-state index contributed by atoms with van der Waals surface area (Å²) in [5, 5.41) is 10.8. The fraction of sp³-hybridized carbons (Fsp3) is 0.500. The van der Waals surface area contributed by atoms with Crippen molar-refractivity contribution in [2.75, 3.05) is 6.61 Å². The van der Waals surface area contributed by atoms with Gasteiger partial charge in [-0.05, 0) is 19.1 Å². The van der Waals surface area contributed by atoms with Crippen LogP contribution in [-0.2, 0) is 19.1 Å². The number of non-ortho nitro benzene ring substituents is 1. The summed E-state index contributed by atoms with van der Waals surface area (Å²) in [6.07, 6.45) is -6.41. The molecular formula is C20H21F3N2O7. The number of alkyl halides is 3. The molecule has 1 aliphatic rings. The molecule has 0 aromatic heterocycles. The van der Waals surface area contributed by atoms with E-state index in [9.17, 15) is 37.7 Å². The van der Waals surface area contributed by atoms with Crippen molar-refractivity contribution >= 4 is 29.1 Å². The fourth-order valence-corrected chi connectivity index (χ4v) is 3.06. The number of hydrogen-bond acceptors (Lipinski definition) is 8. The number of esters is 2. The molecule has 0 fully saturated rings. The summed E-state index contributed by atoms with van der Waals surface area (Å²) in [4.78, 5) is 51.1. The second-order valence-corrected chi connectivity index (χ2v) is 8.03. The molecule has 0 saturated carbocycles. The topological polar surface area (TPSA) is 125 Å². The Kier molecular flexibility index (Phi) is 6.76. The number of carbonyl (C=O) groups excluding carboxylic acids is 3. The van der Waals surface area contributed by atoms with Gasteiger partial charge >= 0.3 is 23.8 Å². The van der Waals surface area contributed by atoms with Crippen LogP contribution < -0.4 is 0 Å². The molecule has 0 amide bonds. The SMILES string of the molecule is CCOC(=O)[C@@H](CC(=O)c1ccc([N+](=O)[O-])cc1)[C@]1(C(F)(F)F)N=C(C(C)(C)C)C(=O)O1. The number of ether oxygens (including phenoxy) is 2. The molecule has 2 atom stereocenters. The van der Waals surface area contributed by atoms with Crippen LogP contribution in [-0.4, -0.2) is 46.9 Å². The Balaban J connectivity index is 2.55. The second-order valence-electron chi connectivity index (χ2n) is 8.03. The van der Waals surface area contributed by atoms with Crippen molar-refractivity contribution in [2.45, 2.75) is 46.0 Å². The molecule has 1 heterocycles. The zero-order valence-corrected chi connectivity index (χ0v) is 17.7. The molecule has 1 aromatic rings. The first-order chi connectivity index (χ1) is 14.6. The van der Waals surface area contributed by atoms with Crippen LogP contribution in [0.1, 0.15) is 44.5 Å². The van der Waals surface area contributed by atoms with Gasteiger partial charge in [0.1, 0.15) is 11.6 Å². The lowest BCUT2D eigenvalue weighted by Gasteiger charge is -2.33. The highest BCUT2D eigenvalue weighted by Crippen LogP contribution is 2.47. The van der Waals surface area contributed by atoms with Gasteiger partial charge in [0.2, 0.25) is 0 Å². The van der Waals surface area contributed by atoms with E-state index < -0.39 is 58.0 Å². The van der Waals surface area contributed by atoms with Crippen LogP contribution in [0.15, 0.2) is 29.3 Å². The quantitative estimate of drug-likeness (QED) is 0.264. The van der Waals surface area contributed by atoms with Gasteiger partial charge in [-0.25, -0.2) is 9.79 Å². The maximum atomic E-state index is 14.2. The van der Waals surface area contributed by atoms with Gasteiger partial charge < -0.3 is 9.47 Å².